The van der Waals surface area contributed by atoms with Gasteiger partial charge in [-0.3, -0.25) is 9.59 Å². The number of carbonyl (C=O) groups is 2. The van der Waals surface area contributed by atoms with E-state index in [0.29, 0.717) is 6.61 Å². The molecule has 2 fully saturated rings. The maximum Gasteiger partial charge on any atom is 0.305 e. The van der Waals surface area contributed by atoms with E-state index in [1.165, 1.54) is 13.8 Å². The van der Waals surface area contributed by atoms with E-state index in [-0.39, 0.29) is 0 Å². The fourth-order valence-corrected chi connectivity index (χ4v) is 2.68. The van der Waals surface area contributed by atoms with Gasteiger partial charge in [-0.15, -0.1) is 0 Å². The Morgan fingerprint density at radius 3 is 1.96 bits per heavy atom. The van der Waals surface area contributed by atoms with E-state index < -0.39 is 48.1 Å². The minimum absolute atomic E-state index is 0.292. The number of hydrogen-bond acceptors (Lipinski definition) is 8. The summed E-state index contributed by atoms with van der Waals surface area (Å²) in [6, 6.07) is 0. The molecule has 2 saturated heterocycles. The summed E-state index contributed by atoms with van der Waals surface area (Å²) >= 11 is 0. The Kier molecular flexibility index (Phi) is 5.00. The Morgan fingerprint density at radius 2 is 1.52 bits per heavy atom. The number of rotatable bonds is 4. The fourth-order valence-electron chi connectivity index (χ4n) is 2.68. The lowest BCUT2D eigenvalue weighted by Gasteiger charge is -2.27. The lowest BCUT2D eigenvalue weighted by molar-refractivity contribution is -0.219. The van der Waals surface area contributed by atoms with Gasteiger partial charge in [0, 0.05) is 13.8 Å². The summed E-state index contributed by atoms with van der Waals surface area (Å²) in [5, 5.41) is 0. The van der Waals surface area contributed by atoms with Crippen molar-refractivity contribution in [1.29, 1.82) is 0 Å². The van der Waals surface area contributed by atoms with Crippen molar-refractivity contribution in [3.8, 4) is 0 Å². The van der Waals surface area contributed by atoms with E-state index in [1.54, 1.807) is 27.7 Å². The molecule has 132 valence electrons. The van der Waals surface area contributed by atoms with Gasteiger partial charge in [-0.05, 0) is 27.7 Å². The molecule has 0 N–H and O–H groups in total. The third-order valence-electron chi connectivity index (χ3n) is 3.39. The van der Waals surface area contributed by atoms with Crippen molar-refractivity contribution in [2.24, 2.45) is 0 Å². The van der Waals surface area contributed by atoms with Crippen molar-refractivity contribution in [1.82, 2.24) is 0 Å². The summed E-state index contributed by atoms with van der Waals surface area (Å²) in [6.45, 7) is 9.77. The van der Waals surface area contributed by atoms with Gasteiger partial charge in [0.2, 0.25) is 0 Å². The topological polar surface area (TPSA) is 89.5 Å². The molecule has 23 heavy (non-hydrogen) atoms. The van der Waals surface area contributed by atoms with Crippen molar-refractivity contribution in [2.75, 3.05) is 6.61 Å². The molecule has 2 heterocycles. The van der Waals surface area contributed by atoms with Crippen molar-refractivity contribution >= 4 is 11.9 Å². The van der Waals surface area contributed by atoms with E-state index in [4.69, 9.17) is 28.4 Å². The summed E-state index contributed by atoms with van der Waals surface area (Å²) in [5.74, 6) is -2.87. The molecule has 0 aliphatic carbocycles. The van der Waals surface area contributed by atoms with Crippen LogP contribution in [-0.4, -0.2) is 54.7 Å². The van der Waals surface area contributed by atoms with Gasteiger partial charge in [-0.2, -0.15) is 0 Å². The van der Waals surface area contributed by atoms with Gasteiger partial charge in [0.1, 0.15) is 12.2 Å². The molecule has 2 aliphatic heterocycles. The van der Waals surface area contributed by atoms with Crippen molar-refractivity contribution in [3.05, 3.63) is 0 Å². The van der Waals surface area contributed by atoms with Crippen LogP contribution in [0.4, 0.5) is 0 Å². The Bertz CT molecular complexity index is 456. The van der Waals surface area contributed by atoms with Gasteiger partial charge < -0.3 is 28.4 Å². The van der Waals surface area contributed by atoms with Crippen LogP contribution in [0.2, 0.25) is 0 Å². The SMILES string of the molecule is CC(=O)OC(OC(C)=O)[C@H]1OC(C)(C)O[C@@H]1[C@@H]1COC(C)(C)O1. The molecule has 0 aromatic rings. The number of esters is 2. The smallest absolute Gasteiger partial charge is 0.305 e. The Morgan fingerprint density at radius 1 is 0.957 bits per heavy atom. The zero-order valence-electron chi connectivity index (χ0n) is 14.3. The summed E-state index contributed by atoms with van der Waals surface area (Å²) in [5.41, 5.74) is 0. The van der Waals surface area contributed by atoms with Gasteiger partial charge in [-0.25, -0.2) is 0 Å². The lowest BCUT2D eigenvalue weighted by Crippen LogP contribution is -2.47. The monoisotopic (exact) mass is 332 g/mol. The Labute approximate surface area is 135 Å². The predicted octanol–water partition coefficient (Wildman–Crippen LogP) is 1.11. The van der Waals surface area contributed by atoms with Crippen LogP contribution in [0.15, 0.2) is 0 Å². The molecule has 0 radical (unpaired) electrons. The molecule has 2 rings (SSSR count). The van der Waals surface area contributed by atoms with Crippen molar-refractivity contribution in [3.63, 3.8) is 0 Å². The summed E-state index contributed by atoms with van der Waals surface area (Å²) < 4.78 is 33.2. The molecule has 0 bridgehead atoms. The van der Waals surface area contributed by atoms with Gasteiger partial charge in [-0.1, -0.05) is 0 Å². The first-order valence-corrected chi connectivity index (χ1v) is 7.51. The largest absolute Gasteiger partial charge is 0.422 e. The van der Waals surface area contributed by atoms with Gasteiger partial charge in [0.05, 0.1) is 6.61 Å². The summed E-state index contributed by atoms with van der Waals surface area (Å²) in [4.78, 5) is 22.6. The summed E-state index contributed by atoms with van der Waals surface area (Å²) in [7, 11) is 0. The van der Waals surface area contributed by atoms with Crippen LogP contribution >= 0.6 is 0 Å². The molecule has 2 aliphatic rings. The van der Waals surface area contributed by atoms with Crippen LogP contribution in [0.5, 0.6) is 0 Å². The molecule has 0 aromatic carbocycles. The highest BCUT2D eigenvalue weighted by Crippen LogP contribution is 2.37. The molecule has 0 unspecified atom stereocenters. The summed E-state index contributed by atoms with van der Waals surface area (Å²) in [6.07, 6.45) is -3.09. The second kappa shape index (κ2) is 6.35. The highest BCUT2D eigenvalue weighted by molar-refractivity contribution is 5.68. The van der Waals surface area contributed by atoms with Crippen LogP contribution < -0.4 is 0 Å². The molecule has 0 amide bonds. The average Bonchev–Trinajstić information content (AvgIpc) is 2.87. The first-order valence-electron chi connectivity index (χ1n) is 7.51. The second-order valence-corrected chi connectivity index (χ2v) is 6.52. The van der Waals surface area contributed by atoms with Crippen LogP contribution in [0.3, 0.4) is 0 Å². The number of carbonyl (C=O) groups excluding carboxylic acids is 2. The van der Waals surface area contributed by atoms with E-state index in [9.17, 15) is 9.59 Å². The molecule has 8 nitrogen and oxygen atoms in total. The predicted molar refractivity (Wildman–Crippen MR) is 76.0 cm³/mol. The van der Waals surface area contributed by atoms with Gasteiger partial charge in [0.15, 0.2) is 17.7 Å². The quantitative estimate of drug-likeness (QED) is 0.559. The van der Waals surface area contributed by atoms with Crippen molar-refractivity contribution in [2.45, 2.75) is 77.7 Å². The van der Waals surface area contributed by atoms with Crippen LogP contribution in [0, 0.1) is 0 Å². The van der Waals surface area contributed by atoms with Crippen LogP contribution in [0.1, 0.15) is 41.5 Å². The minimum Gasteiger partial charge on any atom is -0.422 e. The minimum atomic E-state index is -1.22. The average molecular weight is 332 g/mol. The van der Waals surface area contributed by atoms with E-state index in [2.05, 4.69) is 0 Å². The maximum atomic E-state index is 11.3. The van der Waals surface area contributed by atoms with E-state index in [0.717, 1.165) is 0 Å². The third-order valence-corrected chi connectivity index (χ3v) is 3.39. The Balaban J connectivity index is 2.20. The highest BCUT2D eigenvalue weighted by atomic mass is 16.8. The molecule has 8 heteroatoms. The first kappa shape index (κ1) is 18.1. The molecule has 3 atom stereocenters. The molecule has 0 saturated carbocycles. The molecular formula is C15H24O8. The maximum absolute atomic E-state index is 11.3. The molecular weight excluding hydrogens is 308 g/mol. The van der Waals surface area contributed by atoms with E-state index in [1.807, 2.05) is 0 Å². The zero-order chi connectivity index (χ0) is 17.4. The highest BCUT2D eigenvalue weighted by Gasteiger charge is 2.54. The molecule has 0 spiro atoms. The Hall–Kier alpha value is -1.22. The van der Waals surface area contributed by atoms with Gasteiger partial charge >= 0.3 is 11.9 Å². The van der Waals surface area contributed by atoms with Crippen LogP contribution in [0.25, 0.3) is 0 Å². The normalized spacial score (nSPS) is 32.0. The standard InChI is InChI=1S/C15H24O8/c1-8(16)19-13(20-9(2)17)12-11(22-15(5,6)23-12)10-7-18-14(3,4)21-10/h10-13H,7H2,1-6H3/t10-,11+,12-/m0/s1. The number of ether oxygens (including phenoxy) is 6. The van der Waals surface area contributed by atoms with Crippen LogP contribution in [-0.2, 0) is 38.0 Å². The third kappa shape index (κ3) is 4.63. The van der Waals surface area contributed by atoms with E-state index >= 15 is 0 Å². The van der Waals surface area contributed by atoms with Gasteiger partial charge in [0.25, 0.3) is 6.29 Å². The number of hydrogen-bond donors (Lipinski definition) is 0. The zero-order valence-corrected chi connectivity index (χ0v) is 14.3. The lowest BCUT2D eigenvalue weighted by atomic mass is 10.1. The van der Waals surface area contributed by atoms with Crippen molar-refractivity contribution < 1.29 is 38.0 Å². The first-order chi connectivity index (χ1) is 10.5. The second-order valence-electron chi connectivity index (χ2n) is 6.52. The molecule has 0 aromatic heterocycles. The fraction of sp³-hybridized carbons (Fsp3) is 0.867.